The second-order valence-corrected chi connectivity index (χ2v) is 5.79. The minimum absolute atomic E-state index is 0.0861. The largest absolute Gasteiger partial charge is 0.464 e. The summed E-state index contributed by atoms with van der Waals surface area (Å²) in [5, 5.41) is 12.9. The summed E-state index contributed by atoms with van der Waals surface area (Å²) in [6.45, 7) is 3.78. The van der Waals surface area contributed by atoms with Crippen molar-refractivity contribution in [2.24, 2.45) is 0 Å². The highest BCUT2D eigenvalue weighted by atomic mass is 16.6. The van der Waals surface area contributed by atoms with Gasteiger partial charge >= 0.3 is 12.1 Å². The molecule has 1 amide bonds. The third kappa shape index (κ3) is 5.60. The molecular weight excluding hydrogens is 334 g/mol. The summed E-state index contributed by atoms with van der Waals surface area (Å²) in [5.41, 5.74) is 2.43. The topological polar surface area (TPSA) is 84.9 Å². The Kier molecular flexibility index (Phi) is 7.17. The normalized spacial score (nSPS) is 12.7. The Bertz CT molecular complexity index is 715. The van der Waals surface area contributed by atoms with E-state index >= 15 is 0 Å². The molecule has 6 nitrogen and oxygen atoms in total. The number of alkyl carbamates (subject to hydrolysis) is 1. The van der Waals surface area contributed by atoms with Crippen molar-refractivity contribution in [1.29, 1.82) is 0 Å². The zero-order valence-corrected chi connectivity index (χ0v) is 14.8. The number of hydrogen-bond donors (Lipinski definition) is 2. The van der Waals surface area contributed by atoms with E-state index in [9.17, 15) is 14.7 Å². The lowest BCUT2D eigenvalue weighted by Gasteiger charge is -2.23. The minimum atomic E-state index is -1.54. The summed E-state index contributed by atoms with van der Waals surface area (Å²) in [7, 11) is 0. The van der Waals surface area contributed by atoms with E-state index in [1.54, 1.807) is 19.1 Å². The van der Waals surface area contributed by atoms with Crippen LogP contribution in [0, 0.1) is 6.92 Å². The number of aliphatic hydroxyl groups is 1. The van der Waals surface area contributed by atoms with Crippen LogP contribution in [-0.4, -0.2) is 29.9 Å². The Morgan fingerprint density at radius 2 is 1.69 bits per heavy atom. The number of esters is 1. The van der Waals surface area contributed by atoms with Crippen LogP contribution in [0.15, 0.2) is 54.6 Å². The van der Waals surface area contributed by atoms with Crippen molar-refractivity contribution in [3.8, 4) is 0 Å². The van der Waals surface area contributed by atoms with Crippen LogP contribution in [-0.2, 0) is 20.9 Å². The van der Waals surface area contributed by atoms with E-state index in [0.717, 1.165) is 11.1 Å². The fourth-order valence-corrected chi connectivity index (χ4v) is 2.37. The van der Waals surface area contributed by atoms with Crippen molar-refractivity contribution >= 4 is 12.1 Å². The van der Waals surface area contributed by atoms with Gasteiger partial charge in [0.15, 0.2) is 6.10 Å². The van der Waals surface area contributed by atoms with Gasteiger partial charge in [-0.25, -0.2) is 9.59 Å². The summed E-state index contributed by atoms with van der Waals surface area (Å²) < 4.78 is 10.0. The summed E-state index contributed by atoms with van der Waals surface area (Å²) in [6, 6.07) is 15.4. The molecule has 2 aromatic rings. The second-order valence-electron chi connectivity index (χ2n) is 5.79. The number of benzene rings is 2. The molecule has 0 aliphatic carbocycles. The maximum Gasteiger partial charge on any atom is 0.408 e. The highest BCUT2D eigenvalue weighted by Crippen LogP contribution is 2.19. The molecule has 0 aliphatic rings. The first-order valence-corrected chi connectivity index (χ1v) is 8.39. The molecule has 0 bridgehead atoms. The van der Waals surface area contributed by atoms with Crippen LogP contribution in [0.2, 0.25) is 0 Å². The molecule has 26 heavy (non-hydrogen) atoms. The molecule has 2 N–H and O–H groups in total. The Morgan fingerprint density at radius 3 is 2.31 bits per heavy atom. The lowest BCUT2D eigenvalue weighted by molar-refractivity contribution is -0.154. The van der Waals surface area contributed by atoms with Crippen molar-refractivity contribution < 1.29 is 24.2 Å². The molecule has 0 aromatic heterocycles. The van der Waals surface area contributed by atoms with Crippen molar-refractivity contribution in [3.63, 3.8) is 0 Å². The Hall–Kier alpha value is -2.86. The zero-order chi connectivity index (χ0) is 18.9. The maximum atomic E-state index is 12.2. The molecule has 2 rings (SSSR count). The molecule has 0 aliphatic heterocycles. The van der Waals surface area contributed by atoms with Gasteiger partial charge in [-0.1, -0.05) is 60.2 Å². The predicted octanol–water partition coefficient (Wildman–Crippen LogP) is 2.89. The summed E-state index contributed by atoms with van der Waals surface area (Å²) in [5.74, 6) is -0.804. The number of ether oxygens (including phenoxy) is 2. The van der Waals surface area contributed by atoms with Crippen LogP contribution in [0.1, 0.15) is 29.7 Å². The molecule has 0 saturated carbocycles. The first kappa shape index (κ1) is 19.5. The molecule has 6 heteroatoms. The predicted molar refractivity (Wildman–Crippen MR) is 96.3 cm³/mol. The van der Waals surface area contributed by atoms with Crippen LogP contribution in [0.25, 0.3) is 0 Å². The van der Waals surface area contributed by atoms with Gasteiger partial charge in [0, 0.05) is 0 Å². The number of amides is 1. The molecule has 0 saturated heterocycles. The average molecular weight is 357 g/mol. The molecular formula is C20H23NO5. The smallest absolute Gasteiger partial charge is 0.408 e. The van der Waals surface area contributed by atoms with E-state index in [0.29, 0.717) is 5.56 Å². The number of hydrogen-bond acceptors (Lipinski definition) is 5. The quantitative estimate of drug-likeness (QED) is 0.744. The lowest BCUT2D eigenvalue weighted by atomic mass is 10.0. The number of aliphatic hydroxyl groups excluding tert-OH is 1. The Morgan fingerprint density at radius 1 is 1.04 bits per heavy atom. The first-order chi connectivity index (χ1) is 12.5. The standard InChI is InChI=1S/C20H23NO5/c1-3-25-19(23)18(22)17(16-11-9-14(2)10-12-16)21-20(24)26-13-15-7-5-4-6-8-15/h4-12,17-18,22H,3,13H2,1-2H3,(H,21,24)/t17?,18-/m0/s1. The van der Waals surface area contributed by atoms with E-state index in [4.69, 9.17) is 9.47 Å². The Labute approximate surface area is 152 Å². The zero-order valence-electron chi connectivity index (χ0n) is 14.8. The number of aryl methyl sites for hydroxylation is 1. The molecule has 2 aromatic carbocycles. The maximum absolute atomic E-state index is 12.2. The van der Waals surface area contributed by atoms with E-state index in [1.165, 1.54) is 0 Å². The second kappa shape index (κ2) is 9.58. The molecule has 2 atom stereocenters. The summed E-state index contributed by atoms with van der Waals surface area (Å²) >= 11 is 0. The first-order valence-electron chi connectivity index (χ1n) is 8.39. The van der Waals surface area contributed by atoms with Gasteiger partial charge in [-0.05, 0) is 25.0 Å². The van der Waals surface area contributed by atoms with Crippen LogP contribution >= 0.6 is 0 Å². The highest BCUT2D eigenvalue weighted by molar-refractivity contribution is 5.77. The Balaban J connectivity index is 2.08. The van der Waals surface area contributed by atoms with Gasteiger partial charge in [0.05, 0.1) is 12.6 Å². The number of carbonyl (C=O) groups excluding carboxylic acids is 2. The summed E-state index contributed by atoms with van der Waals surface area (Å²) in [4.78, 5) is 24.1. The van der Waals surface area contributed by atoms with E-state index in [-0.39, 0.29) is 13.2 Å². The summed E-state index contributed by atoms with van der Waals surface area (Å²) in [6.07, 6.45) is -2.27. The monoisotopic (exact) mass is 357 g/mol. The third-order valence-corrected chi connectivity index (χ3v) is 3.77. The number of carbonyl (C=O) groups is 2. The highest BCUT2D eigenvalue weighted by Gasteiger charge is 2.30. The third-order valence-electron chi connectivity index (χ3n) is 3.77. The lowest BCUT2D eigenvalue weighted by Crippen LogP contribution is -2.41. The molecule has 0 heterocycles. The SMILES string of the molecule is CCOC(=O)[C@@H](O)C(NC(=O)OCc1ccccc1)c1ccc(C)cc1. The van der Waals surface area contributed by atoms with Crippen molar-refractivity contribution in [2.45, 2.75) is 32.6 Å². The van der Waals surface area contributed by atoms with Crippen LogP contribution in [0.5, 0.6) is 0 Å². The van der Waals surface area contributed by atoms with Crippen LogP contribution in [0.4, 0.5) is 4.79 Å². The van der Waals surface area contributed by atoms with Crippen LogP contribution in [0.3, 0.4) is 0 Å². The van der Waals surface area contributed by atoms with Crippen molar-refractivity contribution in [3.05, 3.63) is 71.3 Å². The van der Waals surface area contributed by atoms with Gasteiger partial charge in [0.1, 0.15) is 6.61 Å². The van der Waals surface area contributed by atoms with E-state index in [2.05, 4.69) is 5.32 Å². The van der Waals surface area contributed by atoms with E-state index in [1.807, 2.05) is 49.4 Å². The van der Waals surface area contributed by atoms with Crippen molar-refractivity contribution in [2.75, 3.05) is 6.61 Å². The van der Waals surface area contributed by atoms with E-state index < -0.39 is 24.2 Å². The molecule has 0 fully saturated rings. The number of nitrogens with one attached hydrogen (secondary N) is 1. The van der Waals surface area contributed by atoms with Gasteiger partial charge in [-0.3, -0.25) is 0 Å². The van der Waals surface area contributed by atoms with Gasteiger partial charge in [0.2, 0.25) is 0 Å². The van der Waals surface area contributed by atoms with Gasteiger partial charge < -0.3 is 19.9 Å². The van der Waals surface area contributed by atoms with Gasteiger partial charge in [0.25, 0.3) is 0 Å². The molecule has 0 radical (unpaired) electrons. The number of rotatable bonds is 7. The van der Waals surface area contributed by atoms with Crippen LogP contribution < -0.4 is 5.32 Å². The fourth-order valence-electron chi connectivity index (χ4n) is 2.37. The van der Waals surface area contributed by atoms with Gasteiger partial charge in [-0.15, -0.1) is 0 Å². The molecule has 138 valence electrons. The van der Waals surface area contributed by atoms with Gasteiger partial charge in [-0.2, -0.15) is 0 Å². The van der Waals surface area contributed by atoms with Crippen molar-refractivity contribution in [1.82, 2.24) is 5.32 Å². The fraction of sp³-hybridized carbons (Fsp3) is 0.300. The molecule has 0 spiro atoms. The average Bonchev–Trinajstić information content (AvgIpc) is 2.66. The molecule has 1 unspecified atom stereocenters. The minimum Gasteiger partial charge on any atom is -0.464 e.